The van der Waals surface area contributed by atoms with E-state index in [9.17, 15) is 4.79 Å². The van der Waals surface area contributed by atoms with E-state index in [1.165, 1.54) is 4.88 Å². The number of nitrogens with two attached hydrogens (primary N) is 1. The van der Waals surface area contributed by atoms with Crippen molar-refractivity contribution in [1.82, 2.24) is 5.32 Å². The molecule has 3 N–H and O–H groups in total. The van der Waals surface area contributed by atoms with E-state index >= 15 is 0 Å². The van der Waals surface area contributed by atoms with Gasteiger partial charge in [0.05, 0.1) is 11.5 Å². The summed E-state index contributed by atoms with van der Waals surface area (Å²) in [4.78, 5) is 13.8. The molecule has 1 heterocycles. The Hall–Kier alpha value is -0.870. The lowest BCUT2D eigenvalue weighted by atomic mass is 9.81. The zero-order valence-corrected chi connectivity index (χ0v) is 13.2. The number of hydrogen-bond acceptors (Lipinski definition) is 3. The Kier molecular flexibility index (Phi) is 6.01. The maximum absolute atomic E-state index is 12.6. The van der Waals surface area contributed by atoms with Crippen LogP contribution in [0.1, 0.15) is 51.5 Å². The van der Waals surface area contributed by atoms with Gasteiger partial charge in [0, 0.05) is 11.4 Å². The third-order valence-electron chi connectivity index (χ3n) is 4.03. The molecule has 1 atom stereocenters. The smallest absolute Gasteiger partial charge is 0.227 e. The second-order valence-electron chi connectivity index (χ2n) is 5.40. The van der Waals surface area contributed by atoms with Crippen LogP contribution in [0.5, 0.6) is 0 Å². The Morgan fingerprint density at radius 1 is 1.42 bits per heavy atom. The number of carbonyl (C=O) groups excluding carboxylic acids is 1. The van der Waals surface area contributed by atoms with Gasteiger partial charge >= 0.3 is 0 Å². The summed E-state index contributed by atoms with van der Waals surface area (Å²) in [5, 5.41) is 5.25. The van der Waals surface area contributed by atoms with E-state index in [1.54, 1.807) is 11.3 Å². The minimum Gasteiger partial charge on any atom is -0.348 e. The molecule has 0 aromatic carbocycles. The Morgan fingerprint density at radius 2 is 2.05 bits per heavy atom. The van der Waals surface area contributed by atoms with E-state index in [1.807, 2.05) is 25.3 Å². The number of nitrogens with one attached hydrogen (secondary N) is 1. The van der Waals surface area contributed by atoms with Gasteiger partial charge in [-0.1, -0.05) is 33.8 Å². The highest BCUT2D eigenvalue weighted by molar-refractivity contribution is 7.10. The van der Waals surface area contributed by atoms with Gasteiger partial charge in [-0.2, -0.15) is 0 Å². The van der Waals surface area contributed by atoms with Gasteiger partial charge in [0.15, 0.2) is 0 Å². The molecule has 19 heavy (non-hydrogen) atoms. The van der Waals surface area contributed by atoms with Gasteiger partial charge in [0.1, 0.15) is 0 Å². The summed E-state index contributed by atoms with van der Waals surface area (Å²) in [6.07, 6.45) is 1.56. The average molecular weight is 282 g/mol. The summed E-state index contributed by atoms with van der Waals surface area (Å²) >= 11 is 1.69. The zero-order chi connectivity index (χ0) is 14.5. The van der Waals surface area contributed by atoms with Crippen LogP contribution in [0.2, 0.25) is 0 Å². The number of thiophene rings is 1. The Labute approximate surface area is 120 Å². The van der Waals surface area contributed by atoms with Gasteiger partial charge in [-0.3, -0.25) is 4.79 Å². The Balaban J connectivity index is 2.88. The lowest BCUT2D eigenvalue weighted by Crippen LogP contribution is -2.47. The normalized spacial score (nSPS) is 13.6. The van der Waals surface area contributed by atoms with Crippen LogP contribution in [0.15, 0.2) is 17.5 Å². The summed E-state index contributed by atoms with van der Waals surface area (Å²) in [6.45, 7) is 8.73. The molecule has 3 nitrogen and oxygen atoms in total. The minimum absolute atomic E-state index is 0.0801. The molecule has 0 spiro atoms. The molecule has 1 aromatic heterocycles. The monoisotopic (exact) mass is 282 g/mol. The lowest BCUT2D eigenvalue weighted by Gasteiger charge is -2.32. The number of amides is 1. The molecule has 0 saturated heterocycles. The fourth-order valence-electron chi connectivity index (χ4n) is 2.28. The van der Waals surface area contributed by atoms with Crippen LogP contribution < -0.4 is 11.1 Å². The van der Waals surface area contributed by atoms with Crippen molar-refractivity contribution in [2.45, 2.75) is 46.6 Å². The van der Waals surface area contributed by atoms with Crippen LogP contribution in [0.4, 0.5) is 0 Å². The zero-order valence-electron chi connectivity index (χ0n) is 12.4. The number of rotatable bonds is 7. The van der Waals surface area contributed by atoms with Crippen LogP contribution >= 0.6 is 11.3 Å². The first-order valence-electron chi connectivity index (χ1n) is 7.05. The number of carbonyl (C=O) groups is 1. The molecule has 1 unspecified atom stereocenters. The first kappa shape index (κ1) is 16.2. The van der Waals surface area contributed by atoms with E-state index in [0.717, 1.165) is 12.8 Å². The summed E-state index contributed by atoms with van der Waals surface area (Å²) < 4.78 is 0. The summed E-state index contributed by atoms with van der Waals surface area (Å²) in [5.41, 5.74) is 5.42. The van der Waals surface area contributed by atoms with Gasteiger partial charge in [-0.15, -0.1) is 11.3 Å². The predicted octanol–water partition coefficient (Wildman–Crippen LogP) is 3.33. The molecule has 0 bridgehead atoms. The fourth-order valence-corrected chi connectivity index (χ4v) is 3.23. The highest BCUT2D eigenvalue weighted by atomic mass is 32.1. The minimum atomic E-state index is -0.426. The van der Waals surface area contributed by atoms with Crippen LogP contribution in [0.3, 0.4) is 0 Å². The van der Waals surface area contributed by atoms with E-state index in [-0.39, 0.29) is 11.9 Å². The quantitative estimate of drug-likeness (QED) is 0.806. The second kappa shape index (κ2) is 7.06. The number of hydrogen-bond donors (Lipinski definition) is 2. The Morgan fingerprint density at radius 3 is 2.42 bits per heavy atom. The molecule has 0 saturated carbocycles. The van der Waals surface area contributed by atoms with Crippen LogP contribution in [0, 0.1) is 11.3 Å². The Bertz CT molecular complexity index is 375. The van der Waals surface area contributed by atoms with Crippen molar-refractivity contribution in [3.8, 4) is 0 Å². The second-order valence-corrected chi connectivity index (χ2v) is 6.38. The third kappa shape index (κ3) is 3.57. The van der Waals surface area contributed by atoms with E-state index < -0.39 is 5.41 Å². The van der Waals surface area contributed by atoms with Gasteiger partial charge < -0.3 is 11.1 Å². The molecule has 0 radical (unpaired) electrons. The molecule has 1 aromatic rings. The largest absolute Gasteiger partial charge is 0.348 e. The van der Waals surface area contributed by atoms with Crippen molar-refractivity contribution in [1.29, 1.82) is 0 Å². The van der Waals surface area contributed by atoms with Crippen molar-refractivity contribution >= 4 is 17.2 Å². The van der Waals surface area contributed by atoms with E-state index in [0.29, 0.717) is 12.5 Å². The van der Waals surface area contributed by atoms with Crippen molar-refractivity contribution in [2.75, 3.05) is 6.54 Å². The van der Waals surface area contributed by atoms with E-state index in [4.69, 9.17) is 5.73 Å². The highest BCUT2D eigenvalue weighted by Gasteiger charge is 2.35. The van der Waals surface area contributed by atoms with Gasteiger partial charge in [0.2, 0.25) is 5.91 Å². The highest BCUT2D eigenvalue weighted by Crippen LogP contribution is 2.30. The first-order valence-corrected chi connectivity index (χ1v) is 7.93. The van der Waals surface area contributed by atoms with Crippen molar-refractivity contribution in [3.05, 3.63) is 22.4 Å². The van der Waals surface area contributed by atoms with Crippen molar-refractivity contribution in [3.63, 3.8) is 0 Å². The first-order chi connectivity index (χ1) is 9.00. The van der Waals surface area contributed by atoms with Gasteiger partial charge in [-0.25, -0.2) is 0 Å². The standard InChI is InChI=1S/C15H26N2OS/c1-5-15(6-2,10-16)14(18)17-13(11(3)4)12-8-7-9-19-12/h7-9,11,13H,5-6,10,16H2,1-4H3,(H,17,18). The SMILES string of the molecule is CCC(CC)(CN)C(=O)NC(c1cccs1)C(C)C. The van der Waals surface area contributed by atoms with Gasteiger partial charge in [-0.05, 0) is 30.2 Å². The van der Waals surface area contributed by atoms with Crippen LogP contribution in [-0.4, -0.2) is 12.5 Å². The van der Waals surface area contributed by atoms with Crippen LogP contribution in [0.25, 0.3) is 0 Å². The predicted molar refractivity (Wildman–Crippen MR) is 82.1 cm³/mol. The summed E-state index contributed by atoms with van der Waals surface area (Å²) in [6, 6.07) is 4.19. The molecule has 1 rings (SSSR count). The van der Waals surface area contributed by atoms with Gasteiger partial charge in [0.25, 0.3) is 0 Å². The third-order valence-corrected chi connectivity index (χ3v) is 4.98. The summed E-state index contributed by atoms with van der Waals surface area (Å²) in [5.74, 6) is 0.457. The molecule has 108 valence electrons. The topological polar surface area (TPSA) is 55.1 Å². The maximum atomic E-state index is 12.6. The molecule has 4 heteroatoms. The fraction of sp³-hybridized carbons (Fsp3) is 0.667. The molecule has 0 aliphatic carbocycles. The van der Waals surface area contributed by atoms with Crippen LogP contribution in [-0.2, 0) is 4.79 Å². The molecule has 0 aliphatic heterocycles. The summed E-state index contributed by atoms with van der Waals surface area (Å²) in [7, 11) is 0. The molecule has 0 aliphatic rings. The van der Waals surface area contributed by atoms with Crippen molar-refractivity contribution in [2.24, 2.45) is 17.1 Å². The average Bonchev–Trinajstić information content (AvgIpc) is 2.92. The molecular formula is C15H26N2OS. The van der Waals surface area contributed by atoms with Crippen molar-refractivity contribution < 1.29 is 4.79 Å². The molecule has 0 fully saturated rings. The maximum Gasteiger partial charge on any atom is 0.227 e. The molecule has 1 amide bonds. The lowest BCUT2D eigenvalue weighted by molar-refractivity contribution is -0.132. The van der Waals surface area contributed by atoms with E-state index in [2.05, 4.69) is 25.2 Å². The molecular weight excluding hydrogens is 256 g/mol.